The molecular weight excluding hydrogens is 280 g/mol. The SMILES string of the molecule is COc1ccc(OC)c(C(=O)NCC2CCCN2)c1.Cl. The molecule has 1 atom stereocenters. The lowest BCUT2D eigenvalue weighted by atomic mass is 10.1. The lowest BCUT2D eigenvalue weighted by Gasteiger charge is -2.13. The Labute approximate surface area is 125 Å². The van der Waals surface area contributed by atoms with Crippen molar-refractivity contribution in [2.24, 2.45) is 0 Å². The first-order valence-corrected chi connectivity index (χ1v) is 6.48. The van der Waals surface area contributed by atoms with Crippen LogP contribution < -0.4 is 20.1 Å². The zero-order valence-electron chi connectivity index (χ0n) is 11.8. The molecule has 1 unspecified atom stereocenters. The Morgan fingerprint density at radius 1 is 1.40 bits per heavy atom. The third-order valence-corrected chi connectivity index (χ3v) is 3.32. The van der Waals surface area contributed by atoms with Gasteiger partial charge in [0.05, 0.1) is 19.8 Å². The highest BCUT2D eigenvalue weighted by atomic mass is 35.5. The van der Waals surface area contributed by atoms with E-state index in [-0.39, 0.29) is 18.3 Å². The molecule has 6 heteroatoms. The summed E-state index contributed by atoms with van der Waals surface area (Å²) in [5.74, 6) is 1.06. The molecule has 2 rings (SSSR count). The summed E-state index contributed by atoms with van der Waals surface area (Å²) in [6, 6.07) is 5.58. The van der Waals surface area contributed by atoms with Crippen LogP contribution in [0.2, 0.25) is 0 Å². The van der Waals surface area contributed by atoms with Crippen LogP contribution in [0.4, 0.5) is 0 Å². The first-order valence-electron chi connectivity index (χ1n) is 6.48. The maximum atomic E-state index is 12.2. The van der Waals surface area contributed by atoms with Crippen molar-refractivity contribution in [1.29, 1.82) is 0 Å². The van der Waals surface area contributed by atoms with E-state index in [0.29, 0.717) is 29.6 Å². The van der Waals surface area contributed by atoms with Gasteiger partial charge < -0.3 is 20.1 Å². The Bertz CT molecular complexity index is 448. The predicted octanol–water partition coefficient (Wildman–Crippen LogP) is 1.61. The van der Waals surface area contributed by atoms with E-state index in [2.05, 4.69) is 10.6 Å². The van der Waals surface area contributed by atoms with E-state index in [4.69, 9.17) is 9.47 Å². The average molecular weight is 301 g/mol. The second-order valence-corrected chi connectivity index (χ2v) is 4.57. The highest BCUT2D eigenvalue weighted by molar-refractivity contribution is 5.97. The summed E-state index contributed by atoms with van der Waals surface area (Å²) in [7, 11) is 3.13. The fourth-order valence-corrected chi connectivity index (χ4v) is 2.23. The number of nitrogens with one attached hydrogen (secondary N) is 2. The molecule has 0 radical (unpaired) electrons. The van der Waals surface area contributed by atoms with Gasteiger partial charge in [0.25, 0.3) is 5.91 Å². The van der Waals surface area contributed by atoms with Crippen LogP contribution in [0.1, 0.15) is 23.2 Å². The normalized spacial score (nSPS) is 17.2. The molecule has 0 aliphatic carbocycles. The van der Waals surface area contributed by atoms with Gasteiger partial charge in [-0.25, -0.2) is 0 Å². The highest BCUT2D eigenvalue weighted by Gasteiger charge is 2.17. The minimum atomic E-state index is -0.135. The molecule has 1 saturated heterocycles. The van der Waals surface area contributed by atoms with E-state index in [9.17, 15) is 4.79 Å². The highest BCUT2D eigenvalue weighted by Crippen LogP contribution is 2.23. The predicted molar refractivity (Wildman–Crippen MR) is 80.2 cm³/mol. The zero-order chi connectivity index (χ0) is 13.7. The molecule has 1 aromatic carbocycles. The second kappa shape index (κ2) is 7.97. The Kier molecular flexibility index (Phi) is 6.61. The minimum Gasteiger partial charge on any atom is -0.497 e. The van der Waals surface area contributed by atoms with Gasteiger partial charge >= 0.3 is 0 Å². The van der Waals surface area contributed by atoms with E-state index in [0.717, 1.165) is 13.0 Å². The fourth-order valence-electron chi connectivity index (χ4n) is 2.23. The van der Waals surface area contributed by atoms with Crippen LogP contribution in [-0.4, -0.2) is 39.3 Å². The number of benzene rings is 1. The van der Waals surface area contributed by atoms with Crippen molar-refractivity contribution in [3.05, 3.63) is 23.8 Å². The number of rotatable bonds is 5. The first-order chi connectivity index (χ1) is 9.24. The maximum Gasteiger partial charge on any atom is 0.255 e. The van der Waals surface area contributed by atoms with Gasteiger partial charge in [-0.15, -0.1) is 12.4 Å². The topological polar surface area (TPSA) is 59.6 Å². The Morgan fingerprint density at radius 2 is 2.20 bits per heavy atom. The number of amides is 1. The van der Waals surface area contributed by atoms with Crippen molar-refractivity contribution in [2.45, 2.75) is 18.9 Å². The van der Waals surface area contributed by atoms with Gasteiger partial charge in [-0.3, -0.25) is 4.79 Å². The number of hydrogen-bond donors (Lipinski definition) is 2. The summed E-state index contributed by atoms with van der Waals surface area (Å²) in [6.07, 6.45) is 2.28. The van der Waals surface area contributed by atoms with Crippen molar-refractivity contribution in [3.63, 3.8) is 0 Å². The van der Waals surface area contributed by atoms with Crippen molar-refractivity contribution in [1.82, 2.24) is 10.6 Å². The molecule has 20 heavy (non-hydrogen) atoms. The average Bonchev–Trinajstić information content (AvgIpc) is 2.97. The van der Waals surface area contributed by atoms with Gasteiger partial charge in [-0.05, 0) is 37.6 Å². The Balaban J connectivity index is 0.00000200. The fraction of sp³-hybridized carbons (Fsp3) is 0.500. The number of halogens is 1. The standard InChI is InChI=1S/C14H20N2O3.ClH/c1-18-11-5-6-13(19-2)12(8-11)14(17)16-9-10-4-3-7-15-10;/h5-6,8,10,15H,3-4,7,9H2,1-2H3,(H,16,17);1H. The molecule has 1 amide bonds. The monoisotopic (exact) mass is 300 g/mol. The molecule has 1 heterocycles. The van der Waals surface area contributed by atoms with Crippen molar-refractivity contribution >= 4 is 18.3 Å². The summed E-state index contributed by atoms with van der Waals surface area (Å²) in [5, 5.41) is 6.27. The molecule has 0 bridgehead atoms. The lowest BCUT2D eigenvalue weighted by molar-refractivity contribution is 0.0947. The second-order valence-electron chi connectivity index (χ2n) is 4.57. The summed E-state index contributed by atoms with van der Waals surface area (Å²) in [4.78, 5) is 12.2. The quantitative estimate of drug-likeness (QED) is 0.867. The smallest absolute Gasteiger partial charge is 0.255 e. The van der Waals surface area contributed by atoms with Crippen LogP contribution in [-0.2, 0) is 0 Å². The van der Waals surface area contributed by atoms with Crippen molar-refractivity contribution in [3.8, 4) is 11.5 Å². The van der Waals surface area contributed by atoms with Crippen LogP contribution in [0, 0.1) is 0 Å². The molecule has 1 aromatic rings. The van der Waals surface area contributed by atoms with Gasteiger partial charge in [-0.2, -0.15) is 0 Å². The molecule has 112 valence electrons. The number of methoxy groups -OCH3 is 2. The van der Waals surface area contributed by atoms with Gasteiger partial charge in [0.2, 0.25) is 0 Å². The van der Waals surface area contributed by atoms with E-state index < -0.39 is 0 Å². The van der Waals surface area contributed by atoms with Crippen LogP contribution in [0.15, 0.2) is 18.2 Å². The summed E-state index contributed by atoms with van der Waals surface area (Å²) >= 11 is 0. The molecule has 5 nitrogen and oxygen atoms in total. The number of ether oxygens (including phenoxy) is 2. The third kappa shape index (κ3) is 4.02. The zero-order valence-corrected chi connectivity index (χ0v) is 12.6. The number of hydrogen-bond acceptors (Lipinski definition) is 4. The van der Waals surface area contributed by atoms with Gasteiger partial charge in [0.1, 0.15) is 11.5 Å². The molecule has 1 fully saturated rings. The van der Waals surface area contributed by atoms with E-state index in [1.165, 1.54) is 6.42 Å². The minimum absolute atomic E-state index is 0. The maximum absolute atomic E-state index is 12.2. The first kappa shape index (κ1) is 16.6. The van der Waals surface area contributed by atoms with Crippen LogP contribution in [0.3, 0.4) is 0 Å². The van der Waals surface area contributed by atoms with Crippen LogP contribution in [0.5, 0.6) is 11.5 Å². The molecular formula is C14H21ClN2O3. The van der Waals surface area contributed by atoms with Gasteiger partial charge in [-0.1, -0.05) is 0 Å². The van der Waals surface area contributed by atoms with E-state index in [1.54, 1.807) is 32.4 Å². The van der Waals surface area contributed by atoms with Crippen LogP contribution >= 0.6 is 12.4 Å². The number of carbonyl (C=O) groups excluding carboxylic acids is 1. The van der Waals surface area contributed by atoms with E-state index in [1.807, 2.05) is 0 Å². The summed E-state index contributed by atoms with van der Waals surface area (Å²) < 4.78 is 10.3. The van der Waals surface area contributed by atoms with E-state index >= 15 is 0 Å². The number of carbonyl (C=O) groups is 1. The van der Waals surface area contributed by atoms with Crippen molar-refractivity contribution < 1.29 is 14.3 Å². The largest absolute Gasteiger partial charge is 0.497 e. The molecule has 0 spiro atoms. The summed E-state index contributed by atoms with van der Waals surface area (Å²) in [5.41, 5.74) is 0.500. The summed E-state index contributed by atoms with van der Waals surface area (Å²) in [6.45, 7) is 1.67. The molecule has 2 N–H and O–H groups in total. The third-order valence-electron chi connectivity index (χ3n) is 3.32. The Hall–Kier alpha value is -1.46. The molecule has 0 saturated carbocycles. The van der Waals surface area contributed by atoms with Crippen LogP contribution in [0.25, 0.3) is 0 Å². The molecule has 1 aliphatic heterocycles. The lowest BCUT2D eigenvalue weighted by Crippen LogP contribution is -2.37. The molecule has 1 aliphatic rings. The van der Waals surface area contributed by atoms with Gasteiger partial charge in [0, 0.05) is 12.6 Å². The molecule has 0 aromatic heterocycles. The van der Waals surface area contributed by atoms with Crippen molar-refractivity contribution in [2.75, 3.05) is 27.3 Å². The Morgan fingerprint density at radius 3 is 2.80 bits per heavy atom. The van der Waals surface area contributed by atoms with Gasteiger partial charge in [0.15, 0.2) is 0 Å².